The molecule has 0 aromatic carbocycles. The van der Waals surface area contributed by atoms with E-state index in [-0.39, 0.29) is 5.95 Å². The molecule has 1 aliphatic rings. The summed E-state index contributed by atoms with van der Waals surface area (Å²) in [5.74, 6) is 2.11. The van der Waals surface area contributed by atoms with Gasteiger partial charge in [-0.05, 0) is 25.2 Å². The van der Waals surface area contributed by atoms with Crippen molar-refractivity contribution in [1.82, 2.24) is 15.0 Å². The Balaban J connectivity index is 1.69. The van der Waals surface area contributed by atoms with Crippen molar-refractivity contribution in [3.63, 3.8) is 0 Å². The highest BCUT2D eigenvalue weighted by Crippen LogP contribution is 2.28. The second-order valence-corrected chi connectivity index (χ2v) is 5.01. The highest BCUT2D eigenvalue weighted by atomic mass is 16.5. The molecule has 0 atom stereocenters. The van der Waals surface area contributed by atoms with E-state index in [0.717, 1.165) is 32.1 Å². The van der Waals surface area contributed by atoms with Crippen LogP contribution in [0.4, 0.5) is 17.8 Å². The molecule has 0 spiro atoms. The molecule has 106 valence electrons. The summed E-state index contributed by atoms with van der Waals surface area (Å²) >= 11 is 0. The minimum absolute atomic E-state index is 0.228. The largest absolute Gasteiger partial charge is 0.381 e. The minimum Gasteiger partial charge on any atom is -0.381 e. The summed E-state index contributed by atoms with van der Waals surface area (Å²) in [6, 6.07) is 0. The topological polar surface area (TPSA) is 89.2 Å². The van der Waals surface area contributed by atoms with Gasteiger partial charge < -0.3 is 20.7 Å². The number of nitrogen functional groups attached to an aromatic ring is 1. The van der Waals surface area contributed by atoms with Crippen LogP contribution in [0.3, 0.4) is 0 Å². The molecule has 7 nitrogen and oxygen atoms in total. The average Bonchev–Trinajstić information content (AvgIpc) is 3.17. The van der Waals surface area contributed by atoms with Crippen LogP contribution in [0.2, 0.25) is 0 Å². The van der Waals surface area contributed by atoms with Gasteiger partial charge in [0.05, 0.1) is 0 Å². The Morgan fingerprint density at radius 1 is 1.32 bits per heavy atom. The summed E-state index contributed by atoms with van der Waals surface area (Å²) in [7, 11) is 3.73. The summed E-state index contributed by atoms with van der Waals surface area (Å²) in [5, 5.41) is 3.14. The van der Waals surface area contributed by atoms with Crippen molar-refractivity contribution in [2.24, 2.45) is 5.92 Å². The molecule has 1 aromatic heterocycles. The smallest absolute Gasteiger partial charge is 0.231 e. The average molecular weight is 266 g/mol. The Labute approximate surface area is 113 Å². The molecule has 1 saturated carbocycles. The molecule has 1 aromatic rings. The van der Waals surface area contributed by atoms with Crippen LogP contribution < -0.4 is 16.0 Å². The highest BCUT2D eigenvalue weighted by Gasteiger charge is 2.20. The second-order valence-electron chi connectivity index (χ2n) is 5.01. The first-order chi connectivity index (χ1) is 9.15. The van der Waals surface area contributed by atoms with Gasteiger partial charge >= 0.3 is 0 Å². The highest BCUT2D eigenvalue weighted by molar-refractivity contribution is 5.40. The van der Waals surface area contributed by atoms with Crippen molar-refractivity contribution in [2.45, 2.75) is 19.3 Å². The zero-order valence-corrected chi connectivity index (χ0v) is 11.6. The van der Waals surface area contributed by atoms with Crippen molar-refractivity contribution in [3.05, 3.63) is 0 Å². The fraction of sp³-hybridized carbons (Fsp3) is 0.750. The lowest BCUT2D eigenvalue weighted by atomic mass is 10.4. The molecular weight excluding hydrogens is 244 g/mol. The van der Waals surface area contributed by atoms with Crippen LogP contribution in [-0.4, -0.2) is 48.8 Å². The quantitative estimate of drug-likeness (QED) is 0.671. The Hall–Kier alpha value is -1.63. The molecule has 0 radical (unpaired) electrons. The summed E-state index contributed by atoms with van der Waals surface area (Å²) < 4.78 is 5.56. The molecule has 0 aliphatic heterocycles. The lowest BCUT2D eigenvalue weighted by Gasteiger charge is -2.12. The maximum atomic E-state index is 5.64. The number of hydrogen-bond donors (Lipinski definition) is 2. The van der Waals surface area contributed by atoms with Gasteiger partial charge in [-0.25, -0.2) is 0 Å². The molecule has 19 heavy (non-hydrogen) atoms. The monoisotopic (exact) mass is 266 g/mol. The molecule has 1 aliphatic carbocycles. The fourth-order valence-corrected chi connectivity index (χ4v) is 1.57. The normalized spacial score (nSPS) is 14.4. The van der Waals surface area contributed by atoms with E-state index in [0.29, 0.717) is 11.9 Å². The van der Waals surface area contributed by atoms with E-state index in [2.05, 4.69) is 20.3 Å². The van der Waals surface area contributed by atoms with Crippen LogP contribution in [0.25, 0.3) is 0 Å². The number of hydrogen-bond acceptors (Lipinski definition) is 7. The van der Waals surface area contributed by atoms with Gasteiger partial charge in [0, 0.05) is 33.9 Å². The van der Waals surface area contributed by atoms with Gasteiger partial charge in [-0.1, -0.05) is 0 Å². The SMILES string of the molecule is CN(C)c1nc(N)nc(NCCCOCC2CC2)n1. The first-order valence-corrected chi connectivity index (χ1v) is 6.65. The third-order valence-corrected chi connectivity index (χ3v) is 2.84. The standard InChI is InChI=1S/C12H22N6O/c1-18(2)12-16-10(13)15-11(17-12)14-6-3-7-19-8-9-4-5-9/h9H,3-8H2,1-2H3,(H3,13,14,15,16,17). The van der Waals surface area contributed by atoms with E-state index >= 15 is 0 Å². The zero-order valence-electron chi connectivity index (χ0n) is 11.6. The van der Waals surface area contributed by atoms with E-state index < -0.39 is 0 Å². The maximum absolute atomic E-state index is 5.64. The molecular formula is C12H22N6O. The van der Waals surface area contributed by atoms with Gasteiger partial charge in [-0.15, -0.1) is 0 Å². The van der Waals surface area contributed by atoms with Gasteiger partial charge in [0.1, 0.15) is 0 Å². The van der Waals surface area contributed by atoms with Crippen molar-refractivity contribution in [2.75, 3.05) is 49.8 Å². The minimum atomic E-state index is 0.228. The first-order valence-electron chi connectivity index (χ1n) is 6.65. The van der Waals surface area contributed by atoms with E-state index in [9.17, 15) is 0 Å². The summed E-state index contributed by atoms with van der Waals surface area (Å²) in [4.78, 5) is 14.1. The molecule has 0 amide bonds. The maximum Gasteiger partial charge on any atom is 0.231 e. The number of nitrogens with zero attached hydrogens (tertiary/aromatic N) is 4. The fourth-order valence-electron chi connectivity index (χ4n) is 1.57. The molecule has 0 unspecified atom stereocenters. The first kappa shape index (κ1) is 13.8. The van der Waals surface area contributed by atoms with Crippen molar-refractivity contribution in [3.8, 4) is 0 Å². The molecule has 0 bridgehead atoms. The predicted molar refractivity (Wildman–Crippen MR) is 75.2 cm³/mol. The van der Waals surface area contributed by atoms with Crippen molar-refractivity contribution in [1.29, 1.82) is 0 Å². The molecule has 1 heterocycles. The second kappa shape index (κ2) is 6.51. The predicted octanol–water partition coefficient (Wildman–Crippen LogP) is 0.748. The zero-order chi connectivity index (χ0) is 13.7. The Morgan fingerprint density at radius 2 is 2.11 bits per heavy atom. The Kier molecular flexibility index (Phi) is 4.73. The van der Waals surface area contributed by atoms with Crippen LogP contribution in [-0.2, 0) is 4.74 Å². The van der Waals surface area contributed by atoms with Crippen LogP contribution in [0.15, 0.2) is 0 Å². The Morgan fingerprint density at radius 3 is 2.79 bits per heavy atom. The van der Waals surface area contributed by atoms with Gasteiger partial charge in [0.15, 0.2) is 0 Å². The summed E-state index contributed by atoms with van der Waals surface area (Å²) in [6.07, 6.45) is 3.58. The van der Waals surface area contributed by atoms with Crippen LogP contribution in [0.1, 0.15) is 19.3 Å². The number of nitrogens with two attached hydrogens (primary N) is 1. The molecule has 7 heteroatoms. The van der Waals surface area contributed by atoms with Crippen LogP contribution in [0, 0.1) is 5.92 Å². The molecule has 3 N–H and O–H groups in total. The van der Waals surface area contributed by atoms with E-state index in [1.54, 1.807) is 4.90 Å². The lowest BCUT2D eigenvalue weighted by Crippen LogP contribution is -2.17. The molecule has 0 saturated heterocycles. The van der Waals surface area contributed by atoms with Crippen molar-refractivity contribution >= 4 is 17.8 Å². The number of rotatable bonds is 8. The van der Waals surface area contributed by atoms with Gasteiger partial charge in [-0.3, -0.25) is 0 Å². The van der Waals surface area contributed by atoms with E-state index in [1.807, 2.05) is 14.1 Å². The molecule has 2 rings (SSSR count). The number of aromatic nitrogens is 3. The summed E-state index contributed by atoms with van der Waals surface area (Å²) in [6.45, 7) is 2.44. The van der Waals surface area contributed by atoms with E-state index in [1.165, 1.54) is 12.8 Å². The van der Waals surface area contributed by atoms with Crippen LogP contribution in [0.5, 0.6) is 0 Å². The molecule has 1 fully saturated rings. The number of nitrogens with one attached hydrogen (secondary N) is 1. The lowest BCUT2D eigenvalue weighted by molar-refractivity contribution is 0.124. The van der Waals surface area contributed by atoms with Gasteiger partial charge in [0.25, 0.3) is 0 Å². The number of anilines is 3. The van der Waals surface area contributed by atoms with Crippen molar-refractivity contribution < 1.29 is 4.74 Å². The number of ether oxygens (including phenoxy) is 1. The van der Waals surface area contributed by atoms with E-state index in [4.69, 9.17) is 10.5 Å². The third-order valence-electron chi connectivity index (χ3n) is 2.84. The van der Waals surface area contributed by atoms with Gasteiger partial charge in [-0.2, -0.15) is 15.0 Å². The summed E-state index contributed by atoms with van der Waals surface area (Å²) in [5.41, 5.74) is 5.64. The van der Waals surface area contributed by atoms with Gasteiger partial charge in [0.2, 0.25) is 17.8 Å². The third kappa shape index (κ3) is 4.86. The van der Waals surface area contributed by atoms with Crippen LogP contribution >= 0.6 is 0 Å². The Bertz CT molecular complexity index is 407.